The molecule has 0 spiro atoms. The Labute approximate surface area is 368 Å². The molecule has 2 rings (SSSR count). The minimum absolute atomic E-state index is 0.0971. The van der Waals surface area contributed by atoms with Gasteiger partial charge in [-0.15, -0.1) is 22.4 Å². The van der Waals surface area contributed by atoms with E-state index in [1.807, 2.05) is 67.6 Å². The fourth-order valence-electron chi connectivity index (χ4n) is 5.72. The van der Waals surface area contributed by atoms with Gasteiger partial charge in [-0.2, -0.15) is 0 Å². The summed E-state index contributed by atoms with van der Waals surface area (Å²) in [5, 5.41) is 10.7. The zero-order valence-corrected chi connectivity index (χ0v) is 40.3. The monoisotopic (exact) mass is 888 g/mol. The fraction of sp³-hybridized carbons (Fsp3) is 0.622. The molecular weight excluding hydrogens is 817 g/mol. The van der Waals surface area contributed by atoms with Gasteiger partial charge in [-0.05, 0) is 69.6 Å². The van der Waals surface area contributed by atoms with Gasteiger partial charge in [0.1, 0.15) is 29.8 Å². The summed E-state index contributed by atoms with van der Waals surface area (Å²) in [6.45, 7) is 16.6. The van der Waals surface area contributed by atoms with Crippen molar-refractivity contribution in [3.63, 3.8) is 0 Å². The molecule has 60 heavy (non-hydrogen) atoms. The molecular formula is C45H72N4O8S2Si. The van der Waals surface area contributed by atoms with Crippen molar-refractivity contribution in [3.8, 4) is 0 Å². The van der Waals surface area contributed by atoms with Crippen molar-refractivity contribution in [1.82, 2.24) is 21.3 Å². The van der Waals surface area contributed by atoms with Crippen molar-refractivity contribution in [1.29, 1.82) is 0 Å². The third-order valence-electron chi connectivity index (χ3n) is 9.22. The van der Waals surface area contributed by atoms with Crippen LogP contribution in [0.4, 0.5) is 4.79 Å². The van der Waals surface area contributed by atoms with Gasteiger partial charge in [-0.25, -0.2) is 4.79 Å². The van der Waals surface area contributed by atoms with Crippen molar-refractivity contribution >= 4 is 58.8 Å². The molecule has 0 unspecified atom stereocenters. The summed E-state index contributed by atoms with van der Waals surface area (Å²) in [6, 6.07) is 14.2. The van der Waals surface area contributed by atoms with E-state index in [1.54, 1.807) is 43.2 Å². The van der Waals surface area contributed by atoms with Gasteiger partial charge >= 0.3 is 18.7 Å². The minimum atomic E-state index is -2.89. The molecule has 0 bridgehead atoms. The van der Waals surface area contributed by atoms with Crippen LogP contribution < -0.4 is 21.3 Å². The van der Waals surface area contributed by atoms with Crippen molar-refractivity contribution in [3.05, 3.63) is 71.8 Å². The van der Waals surface area contributed by atoms with Gasteiger partial charge in [0.15, 0.2) is 0 Å². The zero-order chi connectivity index (χ0) is 44.8. The molecule has 15 heteroatoms. The number of amides is 4. The Hall–Kier alpha value is -3.53. The smallest absolute Gasteiger partial charge is 0.408 e. The molecule has 0 aromatic heterocycles. The van der Waals surface area contributed by atoms with Crippen molar-refractivity contribution in [2.24, 2.45) is 0 Å². The lowest BCUT2D eigenvalue weighted by molar-refractivity contribution is -0.140. The topological polar surface area (TPSA) is 161 Å². The lowest BCUT2D eigenvalue weighted by Crippen LogP contribution is -2.59. The van der Waals surface area contributed by atoms with Crippen LogP contribution in [0.2, 0.25) is 5.04 Å². The highest BCUT2D eigenvalue weighted by Gasteiger charge is 2.52. The normalized spacial score (nSPS) is 13.9. The first-order chi connectivity index (χ1) is 28.3. The third kappa shape index (κ3) is 19.5. The molecule has 0 radical (unpaired) electrons. The Morgan fingerprint density at radius 2 is 1.10 bits per heavy atom. The Bertz CT molecular complexity index is 1600. The highest BCUT2D eigenvalue weighted by atomic mass is 32.6. The minimum Gasteiger partial charge on any atom is -0.497 e. The maximum Gasteiger partial charge on any atom is 0.408 e. The number of carbonyl (C=O) groups excluding carboxylic acids is 5. The van der Waals surface area contributed by atoms with Crippen LogP contribution in [0.3, 0.4) is 0 Å². The second-order valence-corrected chi connectivity index (χ2v) is 27.2. The predicted octanol–water partition coefficient (Wildman–Crippen LogP) is 8.00. The number of nitrogens with one attached hydrogen (secondary N) is 4. The van der Waals surface area contributed by atoms with Crippen molar-refractivity contribution < 1.29 is 37.9 Å². The van der Waals surface area contributed by atoms with Crippen LogP contribution in [0.5, 0.6) is 0 Å². The van der Waals surface area contributed by atoms with Crippen LogP contribution in [-0.2, 0) is 45.9 Å². The quantitative estimate of drug-likeness (QED) is 0.0538. The summed E-state index contributed by atoms with van der Waals surface area (Å²) < 4.78 is 17.9. The van der Waals surface area contributed by atoms with Gasteiger partial charge in [0.05, 0.1) is 6.61 Å². The number of hydrogen-bond acceptors (Lipinski definition) is 10. The van der Waals surface area contributed by atoms with Gasteiger partial charge in [0, 0.05) is 24.5 Å². The first-order valence-corrected chi connectivity index (χ1v) is 26.7. The standard InChI is InChI=1S/C45H72N4O8S2Si/c1-11-14-27-55-32-38(49-39(50)33(4)46-43(54)56-44(5,6)7)41(52)47-36(30-34-23-19-17-20-24-34)40(51)48-37(31-35-25-21-18-22-26-35)42(53)57-60(45(8,9)10,58-28-15-12-2)59-29-16-13-3/h17-26,33,36-38H,11-16,27-32H2,1-10H3,(H,46,54)(H,47,52)(H,48,51)(H,49,50)/t33-,36-,37-,38-/m0/s1. The van der Waals surface area contributed by atoms with Gasteiger partial charge in [-0.3, -0.25) is 19.2 Å². The molecule has 0 fully saturated rings. The largest absolute Gasteiger partial charge is 0.497 e. The van der Waals surface area contributed by atoms with Crippen LogP contribution in [-0.4, -0.2) is 90.9 Å². The molecule has 4 atom stereocenters. The SMILES string of the molecule is CCCCOC[C@H](NC(=O)[C@H](C)NC(=O)OC(C)(C)C)C(=O)N[C@@H](Cc1ccccc1)C(=O)N[C@@H](Cc1ccccc1)C(=O)O[Si](SCCCC)(SCCCC)C(C)(C)C. The molecule has 336 valence electrons. The van der Waals surface area contributed by atoms with E-state index in [2.05, 4.69) is 55.9 Å². The van der Waals surface area contributed by atoms with Crippen LogP contribution in [0, 0.1) is 0 Å². The Morgan fingerprint density at radius 3 is 1.58 bits per heavy atom. The number of ether oxygens (including phenoxy) is 2. The zero-order valence-electron chi connectivity index (χ0n) is 37.7. The van der Waals surface area contributed by atoms with Gasteiger partial charge in [0.2, 0.25) is 17.7 Å². The summed E-state index contributed by atoms with van der Waals surface area (Å²) >= 11 is 3.55. The molecule has 0 aliphatic carbocycles. The Balaban J connectivity index is 2.50. The second-order valence-electron chi connectivity index (χ2n) is 17.0. The van der Waals surface area contributed by atoms with E-state index in [4.69, 9.17) is 13.9 Å². The molecule has 2 aromatic carbocycles. The van der Waals surface area contributed by atoms with Gasteiger partial charge in [-0.1, -0.05) is 121 Å². The molecule has 0 aliphatic heterocycles. The van der Waals surface area contributed by atoms with Crippen LogP contribution >= 0.6 is 22.4 Å². The molecule has 2 aromatic rings. The Kier molecular flexibility index (Phi) is 23.4. The number of hydrogen-bond donors (Lipinski definition) is 4. The number of carbonyl (C=O) groups is 5. The molecule has 12 nitrogen and oxygen atoms in total. The molecule has 4 amide bonds. The molecule has 0 saturated carbocycles. The fourth-order valence-corrected chi connectivity index (χ4v) is 17.3. The van der Waals surface area contributed by atoms with Crippen LogP contribution in [0.25, 0.3) is 0 Å². The van der Waals surface area contributed by atoms with Crippen molar-refractivity contribution in [2.75, 3.05) is 24.7 Å². The number of rotatable bonds is 26. The summed E-state index contributed by atoms with van der Waals surface area (Å²) in [5.74, 6) is -0.669. The summed E-state index contributed by atoms with van der Waals surface area (Å²) in [6.07, 6.45) is 5.13. The number of unbranched alkanes of at least 4 members (excludes halogenated alkanes) is 3. The molecule has 0 aliphatic rings. The average Bonchev–Trinajstić information content (AvgIpc) is 3.18. The maximum absolute atomic E-state index is 14.6. The van der Waals surface area contributed by atoms with Gasteiger partial charge < -0.3 is 35.2 Å². The Morgan fingerprint density at radius 1 is 0.633 bits per heavy atom. The second kappa shape index (κ2) is 26.7. The lowest BCUT2D eigenvalue weighted by Gasteiger charge is -2.40. The third-order valence-corrected chi connectivity index (χ3v) is 23.1. The molecule has 0 heterocycles. The predicted molar refractivity (Wildman–Crippen MR) is 247 cm³/mol. The first-order valence-electron chi connectivity index (χ1n) is 21.4. The maximum atomic E-state index is 14.6. The van der Waals surface area contributed by atoms with Gasteiger partial charge in [0.25, 0.3) is 0 Å². The summed E-state index contributed by atoms with van der Waals surface area (Å²) in [5.41, 5.74) is 0.832. The van der Waals surface area contributed by atoms with E-state index in [1.165, 1.54) is 6.92 Å². The van der Waals surface area contributed by atoms with E-state index >= 15 is 0 Å². The molecule has 4 N–H and O–H groups in total. The average molecular weight is 889 g/mol. The van der Waals surface area contributed by atoms with E-state index in [-0.39, 0.29) is 24.5 Å². The van der Waals surface area contributed by atoms with Crippen LogP contribution in [0.15, 0.2) is 60.7 Å². The first kappa shape index (κ1) is 52.6. The summed E-state index contributed by atoms with van der Waals surface area (Å²) in [7, 11) is 0. The van der Waals surface area contributed by atoms with Crippen LogP contribution in [0.1, 0.15) is 119 Å². The summed E-state index contributed by atoms with van der Waals surface area (Å²) in [4.78, 5) is 69.1. The van der Waals surface area contributed by atoms with E-state index in [0.29, 0.717) is 6.61 Å². The van der Waals surface area contributed by atoms with Crippen molar-refractivity contribution in [2.45, 2.75) is 155 Å². The van der Waals surface area contributed by atoms with E-state index in [0.717, 1.165) is 61.2 Å². The highest BCUT2D eigenvalue weighted by molar-refractivity contribution is 8.57. The number of alkyl carbamates (subject to hydrolysis) is 1. The number of benzene rings is 2. The van der Waals surface area contributed by atoms with E-state index < -0.39 is 66.2 Å². The molecule has 0 saturated heterocycles. The van der Waals surface area contributed by atoms with E-state index in [9.17, 15) is 24.0 Å². The lowest BCUT2D eigenvalue weighted by atomic mass is 10.0. The highest BCUT2D eigenvalue weighted by Crippen LogP contribution is 2.52.